The molecule has 10 nitrogen and oxygen atoms in total. The summed E-state index contributed by atoms with van der Waals surface area (Å²) in [6, 6.07) is 23.8. The first-order valence-electron chi connectivity index (χ1n) is 14.1. The summed E-state index contributed by atoms with van der Waals surface area (Å²) in [5.74, 6) is -0.402. The van der Waals surface area contributed by atoms with E-state index in [1.165, 1.54) is 6.33 Å². The molecule has 4 aromatic rings. The lowest BCUT2D eigenvalue weighted by Crippen LogP contribution is -2.31. The number of amides is 1. The van der Waals surface area contributed by atoms with Crippen LogP contribution in [0.1, 0.15) is 60.3 Å². The molecule has 0 aliphatic carbocycles. The quantitative estimate of drug-likeness (QED) is 0.152. The zero-order chi connectivity index (χ0) is 30.0. The molecule has 224 valence electrons. The molecule has 1 aromatic heterocycles. The van der Waals surface area contributed by atoms with Gasteiger partial charge in [0.2, 0.25) is 5.91 Å². The fourth-order valence-electron chi connectivity index (χ4n) is 4.87. The Morgan fingerprint density at radius 3 is 2.49 bits per heavy atom. The van der Waals surface area contributed by atoms with Gasteiger partial charge in [0.1, 0.15) is 6.33 Å². The van der Waals surface area contributed by atoms with E-state index in [2.05, 4.69) is 26.6 Å². The third kappa shape index (κ3) is 8.74. The molecule has 5 rings (SSSR count). The monoisotopic (exact) mass is 602 g/mol. The van der Waals surface area contributed by atoms with E-state index in [0.29, 0.717) is 25.1 Å². The zero-order valence-corrected chi connectivity index (χ0v) is 24.3. The average Bonchev–Trinajstić information content (AvgIpc) is 3.57. The number of benzene rings is 3. The summed E-state index contributed by atoms with van der Waals surface area (Å²) in [4.78, 5) is 27.0. The Labute approximate surface area is 253 Å². The Bertz CT molecular complexity index is 1500. The zero-order valence-electron chi connectivity index (χ0n) is 23.5. The fourth-order valence-corrected chi connectivity index (χ4v) is 5.67. The summed E-state index contributed by atoms with van der Waals surface area (Å²) in [7, 11) is 0. The summed E-state index contributed by atoms with van der Waals surface area (Å²) in [6.07, 6.45) is 1.72. The van der Waals surface area contributed by atoms with Crippen LogP contribution < -0.4 is 5.32 Å². The molecule has 3 atom stereocenters. The lowest BCUT2D eigenvalue weighted by molar-refractivity contribution is -0.245. The molecule has 3 aromatic carbocycles. The van der Waals surface area contributed by atoms with E-state index < -0.39 is 12.3 Å². The number of carboxylic acid groups (broad SMARTS) is 1. The second kappa shape index (κ2) is 14.9. The number of carbonyl (C=O) groups is 2. The van der Waals surface area contributed by atoms with Gasteiger partial charge in [-0.3, -0.25) is 14.7 Å². The number of ether oxygens (including phenoxy) is 2. The maximum atomic E-state index is 12.1. The van der Waals surface area contributed by atoms with Gasteiger partial charge in [-0.15, -0.1) is 0 Å². The van der Waals surface area contributed by atoms with Crippen LogP contribution in [-0.2, 0) is 32.2 Å². The lowest BCUT2D eigenvalue weighted by atomic mass is 9.99. The Balaban J connectivity index is 1.30. The lowest BCUT2D eigenvalue weighted by Gasteiger charge is -2.36. The van der Waals surface area contributed by atoms with Crippen molar-refractivity contribution in [3.05, 3.63) is 101 Å². The molecule has 11 heteroatoms. The van der Waals surface area contributed by atoms with Crippen LogP contribution in [0.25, 0.3) is 11.1 Å². The SMILES string of the molecule is O=C(O)CCCC(=O)NCc1cccc(-c2cccc([C@@H]3O[C@H](CSc4ncn[nH]4)C[C@H](c4ccc(CO)cc4)O3)c2)c1. The summed E-state index contributed by atoms with van der Waals surface area (Å²) in [6.45, 7) is 0.344. The second-order valence-electron chi connectivity index (χ2n) is 10.3. The number of carbonyl (C=O) groups excluding carboxylic acids is 1. The van der Waals surface area contributed by atoms with E-state index in [0.717, 1.165) is 38.5 Å². The van der Waals surface area contributed by atoms with Gasteiger partial charge >= 0.3 is 5.97 Å². The molecule has 1 saturated heterocycles. The van der Waals surface area contributed by atoms with E-state index in [-0.39, 0.29) is 37.6 Å². The molecule has 1 aliphatic rings. The summed E-state index contributed by atoms with van der Waals surface area (Å²) < 4.78 is 13.0. The van der Waals surface area contributed by atoms with Crippen LogP contribution >= 0.6 is 11.8 Å². The standard InChI is InChI=1S/C32H34N4O6S/c37-18-21-10-12-23(13-11-21)28-16-27(19-43-32-34-20-35-36-32)41-31(42-28)26-7-2-6-25(15-26)24-5-1-4-22(14-24)17-33-29(38)8-3-9-30(39)40/h1-2,4-7,10-15,20,27-28,31,37H,3,8-9,16-19H2,(H,33,38)(H,39,40)(H,34,35,36)/t27-,28+,31+/m0/s1. The number of hydrogen-bond acceptors (Lipinski definition) is 8. The number of nitrogens with one attached hydrogen (secondary N) is 2. The maximum absolute atomic E-state index is 12.1. The average molecular weight is 603 g/mol. The number of aliphatic hydroxyl groups is 1. The highest BCUT2D eigenvalue weighted by molar-refractivity contribution is 7.99. The molecular weight excluding hydrogens is 568 g/mol. The van der Waals surface area contributed by atoms with Crippen LogP contribution in [0, 0.1) is 0 Å². The molecule has 4 N–H and O–H groups in total. The number of aromatic nitrogens is 3. The van der Waals surface area contributed by atoms with Crippen LogP contribution in [-0.4, -0.2) is 49.1 Å². The van der Waals surface area contributed by atoms with Crippen molar-refractivity contribution < 1.29 is 29.3 Å². The van der Waals surface area contributed by atoms with Crippen molar-refractivity contribution in [3.63, 3.8) is 0 Å². The van der Waals surface area contributed by atoms with Crippen molar-refractivity contribution >= 4 is 23.6 Å². The molecule has 0 radical (unpaired) electrons. The molecule has 0 unspecified atom stereocenters. The number of hydrogen-bond donors (Lipinski definition) is 4. The normalized spacial score (nSPS) is 18.3. The van der Waals surface area contributed by atoms with E-state index in [9.17, 15) is 14.7 Å². The number of carboxylic acids is 1. The van der Waals surface area contributed by atoms with Crippen molar-refractivity contribution in [1.82, 2.24) is 20.5 Å². The van der Waals surface area contributed by atoms with E-state index in [1.807, 2.05) is 66.7 Å². The van der Waals surface area contributed by atoms with E-state index in [4.69, 9.17) is 14.6 Å². The Kier molecular flexibility index (Phi) is 10.6. The fraction of sp³-hybridized carbons (Fsp3) is 0.312. The van der Waals surface area contributed by atoms with Crippen molar-refractivity contribution in [2.45, 2.75) is 62.5 Å². The predicted octanol–water partition coefficient (Wildman–Crippen LogP) is 5.17. The number of H-pyrrole nitrogens is 1. The Morgan fingerprint density at radius 1 is 0.953 bits per heavy atom. The maximum Gasteiger partial charge on any atom is 0.303 e. The molecule has 1 aliphatic heterocycles. The highest BCUT2D eigenvalue weighted by atomic mass is 32.2. The van der Waals surface area contributed by atoms with Crippen LogP contribution in [0.3, 0.4) is 0 Å². The smallest absolute Gasteiger partial charge is 0.303 e. The third-order valence-corrected chi connectivity index (χ3v) is 8.13. The van der Waals surface area contributed by atoms with Gasteiger partial charge in [0, 0.05) is 37.1 Å². The Morgan fingerprint density at radius 2 is 1.74 bits per heavy atom. The van der Waals surface area contributed by atoms with Crippen molar-refractivity contribution in [3.8, 4) is 11.1 Å². The van der Waals surface area contributed by atoms with Crippen LogP contribution in [0.15, 0.2) is 84.3 Å². The first-order chi connectivity index (χ1) is 21.0. The minimum absolute atomic E-state index is 0.0128. The molecule has 1 fully saturated rings. The van der Waals surface area contributed by atoms with Crippen molar-refractivity contribution in [1.29, 1.82) is 0 Å². The predicted molar refractivity (Wildman–Crippen MR) is 161 cm³/mol. The molecule has 0 bridgehead atoms. The number of rotatable bonds is 13. The second-order valence-corrected chi connectivity index (χ2v) is 11.3. The number of aromatic amines is 1. The number of nitrogens with zero attached hydrogens (tertiary/aromatic N) is 2. The molecule has 2 heterocycles. The van der Waals surface area contributed by atoms with Crippen LogP contribution in [0.5, 0.6) is 0 Å². The molecular formula is C32H34N4O6S. The van der Waals surface area contributed by atoms with Gasteiger partial charge in [0.25, 0.3) is 0 Å². The van der Waals surface area contributed by atoms with Gasteiger partial charge in [-0.1, -0.05) is 72.4 Å². The van der Waals surface area contributed by atoms with Gasteiger partial charge in [0.15, 0.2) is 11.4 Å². The highest BCUT2D eigenvalue weighted by Crippen LogP contribution is 2.40. The van der Waals surface area contributed by atoms with Gasteiger partial charge in [0.05, 0.1) is 18.8 Å². The summed E-state index contributed by atoms with van der Waals surface area (Å²) in [5, 5.41) is 28.6. The first-order valence-corrected chi connectivity index (χ1v) is 15.1. The largest absolute Gasteiger partial charge is 0.481 e. The van der Waals surface area contributed by atoms with Gasteiger partial charge in [-0.2, -0.15) is 5.10 Å². The van der Waals surface area contributed by atoms with Gasteiger partial charge in [-0.05, 0) is 46.4 Å². The number of thioether (sulfide) groups is 1. The third-order valence-electron chi connectivity index (χ3n) is 7.12. The van der Waals surface area contributed by atoms with Crippen molar-refractivity contribution in [2.24, 2.45) is 0 Å². The number of aliphatic hydroxyl groups excluding tert-OH is 1. The van der Waals surface area contributed by atoms with Gasteiger partial charge < -0.3 is 25.0 Å². The first kappa shape index (κ1) is 30.4. The number of aliphatic carboxylic acids is 1. The Hall–Kier alpha value is -4.03. The van der Waals surface area contributed by atoms with E-state index in [1.54, 1.807) is 11.8 Å². The van der Waals surface area contributed by atoms with E-state index >= 15 is 0 Å². The molecule has 0 spiro atoms. The summed E-state index contributed by atoms with van der Waals surface area (Å²) >= 11 is 1.55. The van der Waals surface area contributed by atoms with Crippen LogP contribution in [0.4, 0.5) is 0 Å². The molecule has 0 saturated carbocycles. The van der Waals surface area contributed by atoms with Crippen molar-refractivity contribution in [2.75, 3.05) is 5.75 Å². The van der Waals surface area contributed by atoms with Gasteiger partial charge in [-0.25, -0.2) is 4.98 Å². The molecule has 1 amide bonds. The topological polar surface area (TPSA) is 147 Å². The highest BCUT2D eigenvalue weighted by Gasteiger charge is 2.32. The minimum Gasteiger partial charge on any atom is -0.481 e. The summed E-state index contributed by atoms with van der Waals surface area (Å²) in [5.41, 5.74) is 5.67. The van der Waals surface area contributed by atoms with Crippen LogP contribution in [0.2, 0.25) is 0 Å². The minimum atomic E-state index is -0.903. The molecule has 43 heavy (non-hydrogen) atoms.